The summed E-state index contributed by atoms with van der Waals surface area (Å²) in [6, 6.07) is 14.7. The average molecular weight is 322 g/mol. The number of halogens is 1. The highest BCUT2D eigenvalue weighted by Crippen LogP contribution is 2.12. The molecule has 0 fully saturated rings. The van der Waals surface area contributed by atoms with Gasteiger partial charge in [0.1, 0.15) is 11.6 Å². The quantitative estimate of drug-likeness (QED) is 0.755. The van der Waals surface area contributed by atoms with Crippen molar-refractivity contribution in [3.8, 4) is 0 Å². The molecule has 3 rings (SSSR count). The van der Waals surface area contributed by atoms with Crippen LogP contribution in [0.15, 0.2) is 67.0 Å². The third-order valence-electron chi connectivity index (χ3n) is 3.28. The highest BCUT2D eigenvalue weighted by atomic mass is 19.1. The fourth-order valence-corrected chi connectivity index (χ4v) is 2.09. The van der Waals surface area contributed by atoms with E-state index < -0.39 is 5.82 Å². The van der Waals surface area contributed by atoms with Gasteiger partial charge in [0, 0.05) is 11.8 Å². The lowest BCUT2D eigenvalue weighted by molar-refractivity contribution is 0.102. The van der Waals surface area contributed by atoms with Gasteiger partial charge in [-0.25, -0.2) is 9.37 Å². The first kappa shape index (κ1) is 15.6. The monoisotopic (exact) mass is 322 g/mol. The number of hydrogen-bond donors (Lipinski definition) is 2. The van der Waals surface area contributed by atoms with Crippen molar-refractivity contribution in [3.05, 3.63) is 84.1 Å². The Bertz CT molecular complexity index is 822. The summed E-state index contributed by atoms with van der Waals surface area (Å²) in [5, 5.41) is 5.82. The number of benzene rings is 1. The number of rotatable bonds is 5. The Kier molecular flexibility index (Phi) is 4.76. The van der Waals surface area contributed by atoms with Gasteiger partial charge in [0.05, 0.1) is 24.1 Å². The van der Waals surface area contributed by atoms with Crippen LogP contribution in [-0.4, -0.2) is 15.9 Å². The maximum absolute atomic E-state index is 13.1. The molecule has 0 saturated heterocycles. The van der Waals surface area contributed by atoms with Crippen LogP contribution in [0.3, 0.4) is 0 Å². The first-order valence-corrected chi connectivity index (χ1v) is 7.37. The van der Waals surface area contributed by atoms with Gasteiger partial charge in [-0.1, -0.05) is 12.1 Å². The number of anilines is 2. The second-order valence-corrected chi connectivity index (χ2v) is 5.07. The van der Waals surface area contributed by atoms with E-state index in [1.54, 1.807) is 24.4 Å². The molecule has 1 amide bonds. The number of aromatic nitrogens is 2. The lowest BCUT2D eigenvalue weighted by atomic mass is 10.2. The molecular formula is C18H15FN4O. The number of amides is 1. The Balaban J connectivity index is 1.59. The number of pyridine rings is 2. The molecule has 0 spiro atoms. The number of nitrogens with one attached hydrogen (secondary N) is 2. The van der Waals surface area contributed by atoms with Crippen molar-refractivity contribution in [1.82, 2.24) is 9.97 Å². The summed E-state index contributed by atoms with van der Waals surface area (Å²) >= 11 is 0. The van der Waals surface area contributed by atoms with Crippen LogP contribution in [0.2, 0.25) is 0 Å². The molecule has 0 unspecified atom stereocenters. The molecule has 3 aromatic rings. The van der Waals surface area contributed by atoms with Crippen LogP contribution in [0.4, 0.5) is 15.9 Å². The second-order valence-electron chi connectivity index (χ2n) is 5.07. The molecule has 2 heterocycles. The van der Waals surface area contributed by atoms with E-state index in [1.165, 1.54) is 24.4 Å². The summed E-state index contributed by atoms with van der Waals surface area (Å²) in [6.07, 6.45) is 3.27. The topological polar surface area (TPSA) is 66.9 Å². The first-order valence-electron chi connectivity index (χ1n) is 7.37. The van der Waals surface area contributed by atoms with Gasteiger partial charge in [0.15, 0.2) is 0 Å². The first-order chi connectivity index (χ1) is 11.7. The van der Waals surface area contributed by atoms with Crippen molar-refractivity contribution in [2.24, 2.45) is 0 Å². The Hall–Kier alpha value is -3.28. The highest BCUT2D eigenvalue weighted by Gasteiger charge is 2.07. The summed E-state index contributed by atoms with van der Waals surface area (Å²) in [6.45, 7) is 0.558. The van der Waals surface area contributed by atoms with Crippen molar-refractivity contribution in [2.75, 3.05) is 10.6 Å². The molecule has 0 aliphatic rings. The van der Waals surface area contributed by atoms with E-state index in [9.17, 15) is 9.18 Å². The SMILES string of the molecule is O=C(Nc1ccc(NCc2ccccn2)nc1)c1cccc(F)c1. The zero-order chi connectivity index (χ0) is 16.8. The fraction of sp³-hybridized carbons (Fsp3) is 0.0556. The van der Waals surface area contributed by atoms with E-state index in [-0.39, 0.29) is 11.5 Å². The summed E-state index contributed by atoms with van der Waals surface area (Å²) in [5.74, 6) is -0.162. The molecule has 0 bridgehead atoms. The molecule has 1 aromatic carbocycles. The third kappa shape index (κ3) is 4.13. The Morgan fingerprint density at radius 3 is 2.67 bits per heavy atom. The highest BCUT2D eigenvalue weighted by molar-refractivity contribution is 6.04. The molecule has 6 heteroatoms. The summed E-state index contributed by atoms with van der Waals surface area (Å²) in [7, 11) is 0. The van der Waals surface area contributed by atoms with Gasteiger partial charge >= 0.3 is 0 Å². The van der Waals surface area contributed by atoms with Crippen LogP contribution in [0.25, 0.3) is 0 Å². The minimum absolute atomic E-state index is 0.257. The molecule has 2 N–H and O–H groups in total. The van der Waals surface area contributed by atoms with Crippen LogP contribution in [0, 0.1) is 5.82 Å². The smallest absolute Gasteiger partial charge is 0.255 e. The van der Waals surface area contributed by atoms with Gasteiger partial charge in [0.25, 0.3) is 5.91 Å². The van der Waals surface area contributed by atoms with E-state index >= 15 is 0 Å². The Labute approximate surface area is 138 Å². The minimum atomic E-state index is -0.449. The molecule has 0 aliphatic carbocycles. The molecule has 0 saturated carbocycles. The maximum Gasteiger partial charge on any atom is 0.255 e. The van der Waals surface area contributed by atoms with E-state index in [1.807, 2.05) is 18.2 Å². The summed E-state index contributed by atoms with van der Waals surface area (Å²) < 4.78 is 13.1. The third-order valence-corrected chi connectivity index (χ3v) is 3.28. The number of carbonyl (C=O) groups is 1. The van der Waals surface area contributed by atoms with Crippen LogP contribution >= 0.6 is 0 Å². The van der Waals surface area contributed by atoms with Gasteiger partial charge in [-0.15, -0.1) is 0 Å². The lowest BCUT2D eigenvalue weighted by Gasteiger charge is -2.08. The predicted molar refractivity (Wildman–Crippen MR) is 90.2 cm³/mol. The molecule has 5 nitrogen and oxygen atoms in total. The molecule has 120 valence electrons. The molecule has 0 atom stereocenters. The maximum atomic E-state index is 13.1. The van der Waals surface area contributed by atoms with E-state index in [0.29, 0.717) is 18.1 Å². The lowest BCUT2D eigenvalue weighted by Crippen LogP contribution is -2.12. The van der Waals surface area contributed by atoms with Gasteiger partial charge in [-0.05, 0) is 42.5 Å². The molecule has 0 aliphatic heterocycles. The zero-order valence-corrected chi connectivity index (χ0v) is 12.7. The number of nitrogens with zero attached hydrogens (tertiary/aromatic N) is 2. The molecular weight excluding hydrogens is 307 g/mol. The van der Waals surface area contributed by atoms with Gasteiger partial charge in [-0.3, -0.25) is 9.78 Å². The van der Waals surface area contributed by atoms with Gasteiger partial charge < -0.3 is 10.6 Å². The Morgan fingerprint density at radius 1 is 1.04 bits per heavy atom. The Morgan fingerprint density at radius 2 is 1.96 bits per heavy atom. The normalized spacial score (nSPS) is 10.2. The number of carbonyl (C=O) groups excluding carboxylic acids is 1. The molecule has 2 aromatic heterocycles. The van der Waals surface area contributed by atoms with Crippen molar-refractivity contribution in [3.63, 3.8) is 0 Å². The van der Waals surface area contributed by atoms with Gasteiger partial charge in [0.2, 0.25) is 0 Å². The van der Waals surface area contributed by atoms with Crippen LogP contribution in [-0.2, 0) is 6.54 Å². The fourth-order valence-electron chi connectivity index (χ4n) is 2.09. The average Bonchev–Trinajstić information content (AvgIpc) is 2.62. The summed E-state index contributed by atoms with van der Waals surface area (Å²) in [5.41, 5.74) is 1.70. The van der Waals surface area contributed by atoms with E-state index in [0.717, 1.165) is 5.69 Å². The van der Waals surface area contributed by atoms with Crippen LogP contribution < -0.4 is 10.6 Å². The molecule has 24 heavy (non-hydrogen) atoms. The largest absolute Gasteiger partial charge is 0.364 e. The van der Waals surface area contributed by atoms with Gasteiger partial charge in [-0.2, -0.15) is 0 Å². The van der Waals surface area contributed by atoms with Crippen LogP contribution in [0.1, 0.15) is 16.1 Å². The predicted octanol–water partition coefficient (Wildman–Crippen LogP) is 3.48. The minimum Gasteiger partial charge on any atom is -0.364 e. The number of hydrogen-bond acceptors (Lipinski definition) is 4. The molecule has 0 radical (unpaired) electrons. The summed E-state index contributed by atoms with van der Waals surface area (Å²) in [4.78, 5) is 20.5. The zero-order valence-electron chi connectivity index (χ0n) is 12.7. The van der Waals surface area contributed by atoms with Crippen molar-refractivity contribution >= 4 is 17.4 Å². The van der Waals surface area contributed by atoms with Crippen molar-refractivity contribution in [1.29, 1.82) is 0 Å². The van der Waals surface area contributed by atoms with Crippen LogP contribution in [0.5, 0.6) is 0 Å². The van der Waals surface area contributed by atoms with E-state index in [2.05, 4.69) is 20.6 Å². The second kappa shape index (κ2) is 7.32. The van der Waals surface area contributed by atoms with Crippen molar-refractivity contribution < 1.29 is 9.18 Å². The van der Waals surface area contributed by atoms with Crippen molar-refractivity contribution in [2.45, 2.75) is 6.54 Å². The standard InChI is InChI=1S/C18H15FN4O/c19-14-5-3-4-13(10-14)18(24)23-16-7-8-17(22-12-16)21-11-15-6-1-2-9-20-15/h1-10,12H,11H2,(H,21,22)(H,23,24). The van der Waals surface area contributed by atoms with E-state index in [4.69, 9.17) is 0 Å².